The molecule has 2 N–H and O–H groups in total. The van der Waals surface area contributed by atoms with E-state index in [0.29, 0.717) is 37.4 Å². The highest BCUT2D eigenvalue weighted by molar-refractivity contribution is 6.09. The van der Waals surface area contributed by atoms with Gasteiger partial charge >= 0.3 is 0 Å². The molecule has 1 amide bonds. The molecule has 1 aromatic heterocycles. The molecule has 0 radical (unpaired) electrons. The fourth-order valence-corrected chi connectivity index (χ4v) is 4.36. The molecule has 1 spiro atoms. The lowest BCUT2D eigenvalue weighted by atomic mass is 9.93. The number of hydrogen-bond acceptors (Lipinski definition) is 5. The number of halogens is 1. The Labute approximate surface area is 191 Å². The molecule has 2 aliphatic heterocycles. The highest BCUT2D eigenvalue weighted by Crippen LogP contribution is 2.36. The smallest absolute Gasteiger partial charge is 0.254 e. The van der Waals surface area contributed by atoms with Crippen molar-refractivity contribution in [3.05, 3.63) is 83.8 Å². The van der Waals surface area contributed by atoms with Gasteiger partial charge in [-0.2, -0.15) is 0 Å². The van der Waals surface area contributed by atoms with Crippen LogP contribution < -0.4 is 15.4 Å². The zero-order valence-electron chi connectivity index (χ0n) is 18.2. The number of aromatic nitrogens is 1. The Hall–Kier alpha value is -3.94. The van der Waals surface area contributed by atoms with E-state index in [9.17, 15) is 9.18 Å². The summed E-state index contributed by atoms with van der Waals surface area (Å²) >= 11 is 0. The highest BCUT2D eigenvalue weighted by atomic mass is 19.1. The second kappa shape index (κ2) is 8.54. The number of ether oxygens (including phenoxy) is 1. The second-order valence-electron chi connectivity index (χ2n) is 8.21. The van der Waals surface area contributed by atoms with E-state index in [1.807, 2.05) is 42.5 Å². The Kier molecular flexibility index (Phi) is 5.42. The number of amides is 1. The minimum absolute atomic E-state index is 0.113. The monoisotopic (exact) mass is 445 g/mol. The first-order valence-corrected chi connectivity index (χ1v) is 10.8. The van der Waals surface area contributed by atoms with E-state index in [-0.39, 0.29) is 11.7 Å². The maximum atomic E-state index is 14.2. The SMILES string of the molecule is COc1ccc(C(=O)N2CC[C@@]3(C2)Nc2cccnc2NC3=NCc2ccccc2)cc1F. The molecule has 168 valence electrons. The summed E-state index contributed by atoms with van der Waals surface area (Å²) in [5, 5.41) is 6.97. The predicted molar refractivity (Wildman–Crippen MR) is 125 cm³/mol. The van der Waals surface area contributed by atoms with Crippen LogP contribution in [-0.4, -0.2) is 47.4 Å². The van der Waals surface area contributed by atoms with Gasteiger partial charge in [-0.3, -0.25) is 9.79 Å². The number of benzene rings is 2. The number of anilines is 2. The Balaban J connectivity index is 1.43. The number of pyridine rings is 1. The molecular formula is C25H24FN5O2. The average Bonchev–Trinajstić information content (AvgIpc) is 3.27. The Morgan fingerprint density at radius 3 is 2.85 bits per heavy atom. The summed E-state index contributed by atoms with van der Waals surface area (Å²) in [6, 6.07) is 18.1. The van der Waals surface area contributed by atoms with E-state index in [4.69, 9.17) is 9.73 Å². The lowest BCUT2D eigenvalue weighted by Gasteiger charge is -2.38. The molecule has 8 heteroatoms. The molecule has 7 nitrogen and oxygen atoms in total. The molecule has 3 aromatic rings. The predicted octanol–water partition coefficient (Wildman–Crippen LogP) is 3.95. The zero-order valence-corrected chi connectivity index (χ0v) is 18.2. The van der Waals surface area contributed by atoms with Gasteiger partial charge in [-0.05, 0) is 42.3 Å². The number of methoxy groups -OCH3 is 1. The van der Waals surface area contributed by atoms with Crippen LogP contribution in [0.3, 0.4) is 0 Å². The molecule has 1 fully saturated rings. The van der Waals surface area contributed by atoms with Crippen LogP contribution >= 0.6 is 0 Å². The zero-order chi connectivity index (χ0) is 22.8. The summed E-state index contributed by atoms with van der Waals surface area (Å²) in [7, 11) is 1.40. The number of carbonyl (C=O) groups is 1. The molecule has 2 aliphatic rings. The van der Waals surface area contributed by atoms with Crippen molar-refractivity contribution in [3.63, 3.8) is 0 Å². The van der Waals surface area contributed by atoms with Crippen molar-refractivity contribution in [1.29, 1.82) is 0 Å². The van der Waals surface area contributed by atoms with Gasteiger partial charge in [0.25, 0.3) is 5.91 Å². The summed E-state index contributed by atoms with van der Waals surface area (Å²) in [5.41, 5.74) is 1.67. The van der Waals surface area contributed by atoms with Gasteiger partial charge < -0.3 is 20.3 Å². The number of fused-ring (bicyclic) bond motifs is 1. The van der Waals surface area contributed by atoms with E-state index < -0.39 is 11.4 Å². The number of rotatable bonds is 4. The average molecular weight is 445 g/mol. The van der Waals surface area contributed by atoms with Crippen molar-refractivity contribution in [2.24, 2.45) is 4.99 Å². The molecule has 0 saturated carbocycles. The van der Waals surface area contributed by atoms with Gasteiger partial charge in [0.1, 0.15) is 11.4 Å². The lowest BCUT2D eigenvalue weighted by molar-refractivity contribution is 0.0788. The number of likely N-dealkylation sites (tertiary alicyclic amines) is 1. The topological polar surface area (TPSA) is 78.8 Å². The van der Waals surface area contributed by atoms with Gasteiger partial charge in [-0.15, -0.1) is 0 Å². The minimum Gasteiger partial charge on any atom is -0.494 e. The fourth-order valence-electron chi connectivity index (χ4n) is 4.36. The summed E-state index contributed by atoms with van der Waals surface area (Å²) in [4.78, 5) is 24.2. The molecule has 0 unspecified atom stereocenters. The quantitative estimate of drug-likeness (QED) is 0.636. The maximum absolute atomic E-state index is 14.2. The number of hydrogen-bond donors (Lipinski definition) is 2. The van der Waals surface area contributed by atoms with Gasteiger partial charge in [0.15, 0.2) is 17.4 Å². The van der Waals surface area contributed by atoms with Crippen LogP contribution in [0, 0.1) is 5.82 Å². The van der Waals surface area contributed by atoms with Gasteiger partial charge in [0, 0.05) is 18.3 Å². The molecule has 0 aliphatic carbocycles. The van der Waals surface area contributed by atoms with E-state index in [2.05, 4.69) is 15.6 Å². The number of carbonyl (C=O) groups excluding carboxylic acids is 1. The maximum Gasteiger partial charge on any atom is 0.254 e. The number of amidine groups is 1. The molecule has 33 heavy (non-hydrogen) atoms. The Morgan fingerprint density at radius 1 is 1.21 bits per heavy atom. The normalized spacial score (nSPS) is 20.3. The van der Waals surface area contributed by atoms with Crippen molar-refractivity contribution in [2.75, 3.05) is 30.8 Å². The molecular weight excluding hydrogens is 421 g/mol. The molecule has 1 saturated heterocycles. The lowest BCUT2D eigenvalue weighted by Crippen LogP contribution is -2.55. The molecule has 3 heterocycles. The second-order valence-corrected chi connectivity index (χ2v) is 8.21. The van der Waals surface area contributed by atoms with Crippen LogP contribution in [0.1, 0.15) is 22.3 Å². The van der Waals surface area contributed by atoms with Gasteiger partial charge in [0.05, 0.1) is 25.9 Å². The summed E-state index contributed by atoms with van der Waals surface area (Å²) in [5.74, 6) is 0.780. The third kappa shape index (κ3) is 4.00. The van der Waals surface area contributed by atoms with Gasteiger partial charge in [-0.25, -0.2) is 9.37 Å². The Bertz CT molecular complexity index is 1220. The van der Waals surface area contributed by atoms with Crippen molar-refractivity contribution >= 4 is 23.2 Å². The molecule has 1 atom stereocenters. The Morgan fingerprint density at radius 2 is 2.06 bits per heavy atom. The first-order valence-electron chi connectivity index (χ1n) is 10.8. The number of nitrogens with one attached hydrogen (secondary N) is 2. The third-order valence-corrected chi connectivity index (χ3v) is 6.09. The van der Waals surface area contributed by atoms with E-state index in [1.54, 1.807) is 17.2 Å². The molecule has 2 aromatic carbocycles. The van der Waals surface area contributed by atoms with E-state index in [0.717, 1.165) is 17.1 Å². The molecule has 0 bridgehead atoms. The van der Waals surface area contributed by atoms with Crippen molar-refractivity contribution < 1.29 is 13.9 Å². The van der Waals surface area contributed by atoms with Gasteiger partial charge in [0.2, 0.25) is 0 Å². The van der Waals surface area contributed by atoms with Crippen LogP contribution in [0.5, 0.6) is 5.75 Å². The standard InChI is InChI=1S/C25H24FN5O2/c1-33-21-10-9-18(14-19(21)26)23(32)31-13-11-25(16-31)24(28-15-17-6-3-2-4-7-17)29-22-20(30-25)8-5-12-27-22/h2-10,12,14,30H,11,13,15-16H2,1H3,(H,27,28,29)/t25-/m0/s1. The van der Waals surface area contributed by atoms with Crippen molar-refractivity contribution in [1.82, 2.24) is 9.88 Å². The highest BCUT2D eigenvalue weighted by Gasteiger charge is 2.47. The number of aliphatic imine (C=N–C) groups is 1. The van der Waals surface area contributed by atoms with Crippen LogP contribution in [0.2, 0.25) is 0 Å². The minimum atomic E-state index is -0.578. The summed E-state index contributed by atoms with van der Waals surface area (Å²) in [6.45, 7) is 1.42. The van der Waals surface area contributed by atoms with Crippen molar-refractivity contribution in [3.8, 4) is 5.75 Å². The third-order valence-electron chi connectivity index (χ3n) is 6.09. The van der Waals surface area contributed by atoms with Crippen LogP contribution in [-0.2, 0) is 6.54 Å². The van der Waals surface area contributed by atoms with Crippen LogP contribution in [0.4, 0.5) is 15.9 Å². The first-order chi connectivity index (χ1) is 16.1. The van der Waals surface area contributed by atoms with Crippen LogP contribution in [0.25, 0.3) is 0 Å². The largest absolute Gasteiger partial charge is 0.494 e. The summed E-state index contributed by atoms with van der Waals surface area (Å²) in [6.07, 6.45) is 2.38. The fraction of sp³-hybridized carbons (Fsp3) is 0.240. The molecule has 5 rings (SSSR count). The first kappa shape index (κ1) is 20.9. The summed E-state index contributed by atoms with van der Waals surface area (Å²) < 4.78 is 19.2. The van der Waals surface area contributed by atoms with Gasteiger partial charge in [-0.1, -0.05) is 30.3 Å². The van der Waals surface area contributed by atoms with E-state index in [1.165, 1.54) is 19.2 Å². The number of nitrogens with zero attached hydrogens (tertiary/aromatic N) is 3. The van der Waals surface area contributed by atoms with Crippen molar-refractivity contribution in [2.45, 2.75) is 18.5 Å². The van der Waals surface area contributed by atoms with E-state index >= 15 is 0 Å². The van der Waals surface area contributed by atoms with Crippen LogP contribution in [0.15, 0.2) is 71.9 Å².